The Morgan fingerprint density at radius 3 is 2.50 bits per heavy atom. The second-order valence-electron chi connectivity index (χ2n) is 4.64. The standard InChI is InChI=1S/C14H13N3O3S2/c1-9-2-7-13(20-9)12-8-21-14(17-12)16-10-3-5-11(6-4-10)22(15,18)19/h2-8H,1H3,(H,16,17)(H2,15,18,19). The lowest BCUT2D eigenvalue weighted by molar-refractivity contribution is 0.547. The van der Waals surface area contributed by atoms with Gasteiger partial charge in [0.1, 0.15) is 11.5 Å². The van der Waals surface area contributed by atoms with Gasteiger partial charge >= 0.3 is 0 Å². The van der Waals surface area contributed by atoms with E-state index < -0.39 is 10.0 Å². The van der Waals surface area contributed by atoms with Crippen molar-refractivity contribution < 1.29 is 12.8 Å². The molecule has 2 aromatic heterocycles. The van der Waals surface area contributed by atoms with Crippen LogP contribution in [-0.4, -0.2) is 13.4 Å². The quantitative estimate of drug-likeness (QED) is 0.763. The van der Waals surface area contributed by atoms with E-state index >= 15 is 0 Å². The Balaban J connectivity index is 1.78. The molecule has 114 valence electrons. The van der Waals surface area contributed by atoms with E-state index in [-0.39, 0.29) is 4.90 Å². The molecule has 3 N–H and O–H groups in total. The van der Waals surface area contributed by atoms with Crippen molar-refractivity contribution in [2.24, 2.45) is 5.14 Å². The highest BCUT2D eigenvalue weighted by molar-refractivity contribution is 7.89. The molecular formula is C14H13N3O3S2. The molecule has 0 unspecified atom stereocenters. The largest absolute Gasteiger partial charge is 0.460 e. The lowest BCUT2D eigenvalue weighted by Crippen LogP contribution is -2.11. The van der Waals surface area contributed by atoms with E-state index in [1.165, 1.54) is 23.5 Å². The van der Waals surface area contributed by atoms with Gasteiger partial charge in [-0.3, -0.25) is 0 Å². The van der Waals surface area contributed by atoms with Crippen LogP contribution in [0.15, 0.2) is 51.1 Å². The topological polar surface area (TPSA) is 98.2 Å². The molecule has 0 radical (unpaired) electrons. The molecule has 0 bridgehead atoms. The summed E-state index contributed by atoms with van der Waals surface area (Å²) in [6.45, 7) is 1.88. The van der Waals surface area contributed by atoms with Gasteiger partial charge in [0.2, 0.25) is 10.0 Å². The zero-order chi connectivity index (χ0) is 15.7. The Labute approximate surface area is 131 Å². The number of rotatable bonds is 4. The van der Waals surface area contributed by atoms with E-state index in [4.69, 9.17) is 9.56 Å². The van der Waals surface area contributed by atoms with E-state index in [1.807, 2.05) is 24.4 Å². The van der Waals surface area contributed by atoms with Crippen LogP contribution in [0.1, 0.15) is 5.76 Å². The van der Waals surface area contributed by atoms with Crippen molar-refractivity contribution in [3.05, 3.63) is 47.5 Å². The molecule has 0 aliphatic carbocycles. The summed E-state index contributed by atoms with van der Waals surface area (Å²) in [5.74, 6) is 1.54. The summed E-state index contributed by atoms with van der Waals surface area (Å²) in [5, 5.41) is 10.7. The fourth-order valence-corrected chi connectivity index (χ4v) is 3.10. The number of aromatic nitrogens is 1. The first-order chi connectivity index (χ1) is 10.4. The molecule has 0 atom stereocenters. The fraction of sp³-hybridized carbons (Fsp3) is 0.0714. The maximum Gasteiger partial charge on any atom is 0.238 e. The van der Waals surface area contributed by atoms with Crippen molar-refractivity contribution in [3.63, 3.8) is 0 Å². The average molecular weight is 335 g/mol. The van der Waals surface area contributed by atoms with E-state index in [1.54, 1.807) is 12.1 Å². The van der Waals surface area contributed by atoms with Crippen molar-refractivity contribution in [2.75, 3.05) is 5.32 Å². The number of benzene rings is 1. The molecule has 6 nitrogen and oxygen atoms in total. The lowest BCUT2D eigenvalue weighted by Gasteiger charge is -2.03. The summed E-state index contributed by atoms with van der Waals surface area (Å²) in [4.78, 5) is 4.50. The van der Waals surface area contributed by atoms with Crippen molar-refractivity contribution in [1.82, 2.24) is 4.98 Å². The monoisotopic (exact) mass is 335 g/mol. The minimum Gasteiger partial charge on any atom is -0.460 e. The number of hydrogen-bond donors (Lipinski definition) is 2. The number of primary sulfonamides is 1. The van der Waals surface area contributed by atoms with Crippen LogP contribution >= 0.6 is 11.3 Å². The van der Waals surface area contributed by atoms with Gasteiger partial charge < -0.3 is 9.73 Å². The summed E-state index contributed by atoms with van der Waals surface area (Å²) in [5.41, 5.74) is 1.48. The highest BCUT2D eigenvalue weighted by atomic mass is 32.2. The van der Waals surface area contributed by atoms with Gasteiger partial charge in [0.05, 0.1) is 4.90 Å². The van der Waals surface area contributed by atoms with Crippen LogP contribution in [0.25, 0.3) is 11.5 Å². The highest BCUT2D eigenvalue weighted by Gasteiger charge is 2.09. The van der Waals surface area contributed by atoms with Crippen LogP contribution in [0, 0.1) is 6.92 Å². The molecule has 0 spiro atoms. The minimum atomic E-state index is -3.68. The van der Waals surface area contributed by atoms with Crippen LogP contribution in [0.3, 0.4) is 0 Å². The second-order valence-corrected chi connectivity index (χ2v) is 7.06. The molecule has 0 saturated carbocycles. The number of furan rings is 1. The maximum atomic E-state index is 11.2. The normalized spacial score (nSPS) is 11.5. The van der Waals surface area contributed by atoms with E-state index in [2.05, 4.69) is 10.3 Å². The van der Waals surface area contributed by atoms with Gasteiger partial charge in [0, 0.05) is 11.1 Å². The number of sulfonamides is 1. The molecule has 0 aliphatic heterocycles. The van der Waals surface area contributed by atoms with Crippen LogP contribution in [0.2, 0.25) is 0 Å². The summed E-state index contributed by atoms with van der Waals surface area (Å²) < 4.78 is 27.9. The third kappa shape index (κ3) is 3.19. The molecule has 1 aromatic carbocycles. The molecular weight excluding hydrogens is 322 g/mol. The van der Waals surface area contributed by atoms with Crippen LogP contribution in [0.4, 0.5) is 10.8 Å². The minimum absolute atomic E-state index is 0.0731. The van der Waals surface area contributed by atoms with Gasteiger partial charge in [-0.2, -0.15) is 0 Å². The van der Waals surface area contributed by atoms with Gasteiger partial charge in [-0.25, -0.2) is 18.5 Å². The molecule has 3 rings (SSSR count). The Kier molecular flexibility index (Phi) is 3.73. The van der Waals surface area contributed by atoms with Gasteiger partial charge in [-0.1, -0.05) is 0 Å². The summed E-state index contributed by atoms with van der Waals surface area (Å²) in [7, 11) is -3.68. The third-order valence-corrected chi connectivity index (χ3v) is 4.62. The molecule has 0 aliphatic rings. The SMILES string of the molecule is Cc1ccc(-c2csc(Nc3ccc(S(N)(=O)=O)cc3)n2)o1. The highest BCUT2D eigenvalue weighted by Crippen LogP contribution is 2.28. The first-order valence-corrected chi connectivity index (χ1v) is 8.77. The van der Waals surface area contributed by atoms with Crippen molar-refractivity contribution in [2.45, 2.75) is 11.8 Å². The molecule has 0 fully saturated rings. The number of nitrogens with zero attached hydrogens (tertiary/aromatic N) is 1. The van der Waals surface area contributed by atoms with Crippen LogP contribution in [-0.2, 0) is 10.0 Å². The molecule has 0 amide bonds. The Morgan fingerprint density at radius 1 is 1.18 bits per heavy atom. The second kappa shape index (κ2) is 5.56. The summed E-state index contributed by atoms with van der Waals surface area (Å²) in [6.07, 6.45) is 0. The molecule has 2 heterocycles. The number of thiazole rings is 1. The van der Waals surface area contributed by atoms with Gasteiger partial charge in [-0.05, 0) is 43.3 Å². The Bertz CT molecular complexity index is 896. The van der Waals surface area contributed by atoms with Crippen molar-refractivity contribution >= 4 is 32.2 Å². The van der Waals surface area contributed by atoms with Crippen LogP contribution in [0.5, 0.6) is 0 Å². The first-order valence-electron chi connectivity index (χ1n) is 6.34. The van der Waals surface area contributed by atoms with Gasteiger partial charge in [-0.15, -0.1) is 11.3 Å². The summed E-state index contributed by atoms with van der Waals surface area (Å²) >= 11 is 1.43. The predicted molar refractivity (Wildman–Crippen MR) is 85.7 cm³/mol. The first kappa shape index (κ1) is 14.8. The zero-order valence-electron chi connectivity index (χ0n) is 11.6. The molecule has 3 aromatic rings. The smallest absolute Gasteiger partial charge is 0.238 e. The van der Waals surface area contributed by atoms with Crippen LogP contribution < -0.4 is 10.5 Å². The zero-order valence-corrected chi connectivity index (χ0v) is 13.2. The van der Waals surface area contributed by atoms with E-state index in [9.17, 15) is 8.42 Å². The number of nitrogens with one attached hydrogen (secondary N) is 1. The van der Waals surface area contributed by atoms with Crippen molar-refractivity contribution in [1.29, 1.82) is 0 Å². The van der Waals surface area contributed by atoms with E-state index in [0.29, 0.717) is 10.9 Å². The lowest BCUT2D eigenvalue weighted by atomic mass is 10.3. The number of hydrogen-bond acceptors (Lipinski definition) is 6. The fourth-order valence-electron chi connectivity index (χ4n) is 1.87. The average Bonchev–Trinajstić information content (AvgIpc) is 3.07. The Morgan fingerprint density at radius 2 is 1.91 bits per heavy atom. The Hall–Kier alpha value is -2.16. The number of anilines is 2. The molecule has 22 heavy (non-hydrogen) atoms. The van der Waals surface area contributed by atoms with E-state index in [0.717, 1.165) is 17.1 Å². The maximum absolute atomic E-state index is 11.2. The third-order valence-electron chi connectivity index (χ3n) is 2.93. The number of aryl methyl sites for hydroxylation is 1. The number of nitrogens with two attached hydrogens (primary N) is 1. The van der Waals surface area contributed by atoms with Gasteiger partial charge in [0.25, 0.3) is 0 Å². The van der Waals surface area contributed by atoms with Gasteiger partial charge in [0.15, 0.2) is 10.9 Å². The molecule has 8 heteroatoms. The van der Waals surface area contributed by atoms with Crippen molar-refractivity contribution in [3.8, 4) is 11.5 Å². The summed E-state index contributed by atoms with van der Waals surface area (Å²) in [6, 6.07) is 9.92. The molecule has 0 saturated heterocycles. The predicted octanol–water partition coefficient (Wildman–Crippen LogP) is 3.10.